The zero-order chi connectivity index (χ0) is 11.2. The Hall–Kier alpha value is -0.340. The molecule has 1 fully saturated rings. The van der Waals surface area contributed by atoms with Crippen LogP contribution in [-0.4, -0.2) is 26.3 Å². The number of ether oxygens (including phenoxy) is 1. The Kier molecular flexibility index (Phi) is 4.86. The minimum Gasteiger partial charge on any atom is -0.382 e. The lowest BCUT2D eigenvalue weighted by Crippen LogP contribution is -2.26. The quantitative estimate of drug-likeness (QED) is 0.504. The maximum atomic E-state index is 5.32. The van der Waals surface area contributed by atoms with Gasteiger partial charge in [-0.2, -0.15) is 0 Å². The lowest BCUT2D eigenvalue weighted by Gasteiger charge is -2.18. The Bertz CT molecular complexity index is 227. The van der Waals surface area contributed by atoms with Crippen LogP contribution in [0.4, 0.5) is 0 Å². The van der Waals surface area contributed by atoms with Gasteiger partial charge in [-0.1, -0.05) is 12.2 Å². The van der Waals surface area contributed by atoms with Crippen LogP contribution in [0.2, 0.25) is 0 Å². The minimum atomic E-state index is 0.852. The van der Waals surface area contributed by atoms with Crippen LogP contribution in [0, 0.1) is 17.8 Å². The molecule has 0 amide bonds. The van der Waals surface area contributed by atoms with E-state index in [1.165, 1.54) is 32.2 Å². The first kappa shape index (κ1) is 12.1. The number of hydrogen-bond acceptors (Lipinski definition) is 2. The van der Waals surface area contributed by atoms with E-state index in [4.69, 9.17) is 4.74 Å². The average molecular weight is 223 g/mol. The number of fused-ring (bicyclic) bond motifs is 2. The molecule has 3 unspecified atom stereocenters. The molecule has 0 aromatic carbocycles. The molecule has 0 aromatic rings. The van der Waals surface area contributed by atoms with Crippen molar-refractivity contribution in [2.45, 2.75) is 32.6 Å². The molecule has 2 heteroatoms. The van der Waals surface area contributed by atoms with Crippen LogP contribution in [0.5, 0.6) is 0 Å². The van der Waals surface area contributed by atoms with Crippen LogP contribution in [0.15, 0.2) is 12.2 Å². The fraction of sp³-hybridized carbons (Fsp3) is 0.857. The number of rotatable bonds is 8. The number of nitrogens with one attached hydrogen (secondary N) is 1. The summed E-state index contributed by atoms with van der Waals surface area (Å²) >= 11 is 0. The molecular weight excluding hydrogens is 198 g/mol. The average Bonchev–Trinajstić information content (AvgIpc) is 2.90. The first-order valence-corrected chi connectivity index (χ1v) is 6.87. The van der Waals surface area contributed by atoms with Gasteiger partial charge in [0, 0.05) is 13.2 Å². The molecule has 0 spiro atoms. The van der Waals surface area contributed by atoms with Gasteiger partial charge in [0.05, 0.1) is 0 Å². The summed E-state index contributed by atoms with van der Waals surface area (Å²) in [6.07, 6.45) is 10.1. The highest BCUT2D eigenvalue weighted by Crippen LogP contribution is 2.42. The summed E-state index contributed by atoms with van der Waals surface area (Å²) in [5.74, 6) is 2.72. The minimum absolute atomic E-state index is 0.852. The Balaban J connectivity index is 1.45. The van der Waals surface area contributed by atoms with Crippen molar-refractivity contribution in [1.29, 1.82) is 0 Å². The zero-order valence-electron chi connectivity index (χ0n) is 10.5. The molecule has 16 heavy (non-hydrogen) atoms. The van der Waals surface area contributed by atoms with E-state index in [1.807, 2.05) is 0 Å². The van der Waals surface area contributed by atoms with E-state index in [0.29, 0.717) is 0 Å². The topological polar surface area (TPSA) is 21.3 Å². The highest BCUT2D eigenvalue weighted by molar-refractivity contribution is 5.10. The van der Waals surface area contributed by atoms with E-state index in [2.05, 4.69) is 24.4 Å². The molecule has 2 aliphatic rings. The molecule has 0 aromatic heterocycles. The summed E-state index contributed by atoms with van der Waals surface area (Å²) in [5.41, 5.74) is 0. The molecular formula is C14H25NO. The fourth-order valence-corrected chi connectivity index (χ4v) is 3.02. The third-order valence-electron chi connectivity index (χ3n) is 3.92. The van der Waals surface area contributed by atoms with Gasteiger partial charge in [-0.25, -0.2) is 0 Å². The summed E-state index contributed by atoms with van der Waals surface area (Å²) < 4.78 is 5.32. The lowest BCUT2D eigenvalue weighted by molar-refractivity contribution is 0.143. The van der Waals surface area contributed by atoms with E-state index in [9.17, 15) is 0 Å². The van der Waals surface area contributed by atoms with E-state index >= 15 is 0 Å². The van der Waals surface area contributed by atoms with Gasteiger partial charge in [0.15, 0.2) is 0 Å². The number of hydrogen-bond donors (Lipinski definition) is 1. The SMILES string of the molecule is CCOCCCCNCC1CC2C=CC1C2. The lowest BCUT2D eigenvalue weighted by atomic mass is 9.94. The molecule has 1 N–H and O–H groups in total. The van der Waals surface area contributed by atoms with E-state index in [1.54, 1.807) is 0 Å². The Morgan fingerprint density at radius 2 is 2.19 bits per heavy atom. The molecule has 92 valence electrons. The summed E-state index contributed by atoms with van der Waals surface area (Å²) in [5, 5.41) is 3.60. The van der Waals surface area contributed by atoms with Crippen molar-refractivity contribution < 1.29 is 4.74 Å². The Morgan fingerprint density at radius 3 is 2.88 bits per heavy atom. The van der Waals surface area contributed by atoms with Gasteiger partial charge in [-0.3, -0.25) is 0 Å². The fourth-order valence-electron chi connectivity index (χ4n) is 3.02. The van der Waals surface area contributed by atoms with Crippen LogP contribution in [-0.2, 0) is 4.74 Å². The molecule has 2 nitrogen and oxygen atoms in total. The highest BCUT2D eigenvalue weighted by Gasteiger charge is 2.34. The monoisotopic (exact) mass is 223 g/mol. The second kappa shape index (κ2) is 6.41. The van der Waals surface area contributed by atoms with Gasteiger partial charge >= 0.3 is 0 Å². The van der Waals surface area contributed by atoms with E-state index < -0.39 is 0 Å². The first-order valence-electron chi connectivity index (χ1n) is 6.87. The highest BCUT2D eigenvalue weighted by atomic mass is 16.5. The van der Waals surface area contributed by atoms with Crippen LogP contribution in [0.1, 0.15) is 32.6 Å². The molecule has 2 aliphatic carbocycles. The molecule has 0 saturated heterocycles. The summed E-state index contributed by atoms with van der Waals surface area (Å²) in [4.78, 5) is 0. The first-order chi connectivity index (χ1) is 7.90. The third kappa shape index (κ3) is 3.33. The molecule has 3 atom stereocenters. The molecule has 2 rings (SSSR count). The molecule has 0 radical (unpaired) electrons. The largest absolute Gasteiger partial charge is 0.382 e. The van der Waals surface area contributed by atoms with Gasteiger partial charge in [-0.15, -0.1) is 0 Å². The summed E-state index contributed by atoms with van der Waals surface area (Å²) in [6.45, 7) is 6.21. The van der Waals surface area contributed by atoms with E-state index in [0.717, 1.165) is 37.5 Å². The van der Waals surface area contributed by atoms with Crippen molar-refractivity contribution >= 4 is 0 Å². The van der Waals surface area contributed by atoms with Crippen molar-refractivity contribution in [3.8, 4) is 0 Å². The smallest absolute Gasteiger partial charge is 0.0466 e. The van der Waals surface area contributed by atoms with Crippen LogP contribution in [0.3, 0.4) is 0 Å². The van der Waals surface area contributed by atoms with Crippen molar-refractivity contribution in [2.75, 3.05) is 26.3 Å². The number of allylic oxidation sites excluding steroid dienone is 2. The third-order valence-corrected chi connectivity index (χ3v) is 3.92. The number of unbranched alkanes of at least 4 members (excludes halogenated alkanes) is 1. The second-order valence-corrected chi connectivity index (χ2v) is 5.15. The standard InChI is InChI=1S/C14H25NO/c1-2-16-8-4-3-7-15-11-14-10-12-5-6-13(14)9-12/h5-6,12-15H,2-4,7-11H2,1H3. The van der Waals surface area contributed by atoms with Crippen LogP contribution in [0.25, 0.3) is 0 Å². The molecule has 1 saturated carbocycles. The maximum absolute atomic E-state index is 5.32. The predicted octanol–water partition coefficient (Wildman–Crippen LogP) is 2.60. The Morgan fingerprint density at radius 1 is 1.25 bits per heavy atom. The van der Waals surface area contributed by atoms with Gasteiger partial charge in [0.1, 0.15) is 0 Å². The van der Waals surface area contributed by atoms with Crippen molar-refractivity contribution in [1.82, 2.24) is 5.32 Å². The molecule has 2 bridgehead atoms. The summed E-state index contributed by atoms with van der Waals surface area (Å²) in [7, 11) is 0. The maximum Gasteiger partial charge on any atom is 0.0466 e. The van der Waals surface area contributed by atoms with Crippen molar-refractivity contribution in [3.63, 3.8) is 0 Å². The second-order valence-electron chi connectivity index (χ2n) is 5.15. The van der Waals surface area contributed by atoms with Crippen molar-refractivity contribution in [2.24, 2.45) is 17.8 Å². The van der Waals surface area contributed by atoms with Crippen molar-refractivity contribution in [3.05, 3.63) is 12.2 Å². The summed E-state index contributed by atoms with van der Waals surface area (Å²) in [6, 6.07) is 0. The predicted molar refractivity (Wildman–Crippen MR) is 67.4 cm³/mol. The molecule has 0 aliphatic heterocycles. The van der Waals surface area contributed by atoms with Gasteiger partial charge in [0.2, 0.25) is 0 Å². The van der Waals surface area contributed by atoms with Gasteiger partial charge < -0.3 is 10.1 Å². The van der Waals surface area contributed by atoms with Crippen LogP contribution < -0.4 is 5.32 Å². The van der Waals surface area contributed by atoms with Gasteiger partial charge in [-0.05, 0) is 63.5 Å². The zero-order valence-corrected chi connectivity index (χ0v) is 10.5. The van der Waals surface area contributed by atoms with Gasteiger partial charge in [0.25, 0.3) is 0 Å². The molecule has 0 heterocycles. The Labute approximate surface area is 99.4 Å². The van der Waals surface area contributed by atoms with Crippen LogP contribution >= 0.6 is 0 Å². The normalized spacial score (nSPS) is 31.4. The van der Waals surface area contributed by atoms with E-state index in [-0.39, 0.29) is 0 Å².